The topological polar surface area (TPSA) is 97.8 Å². The minimum atomic E-state index is -0.406. The van der Waals surface area contributed by atoms with Gasteiger partial charge in [-0.05, 0) is 85.4 Å². The molecule has 1 saturated heterocycles. The third-order valence-corrected chi connectivity index (χ3v) is 8.96. The minimum Gasteiger partial charge on any atom is -0.318 e. The number of carbonyl (C=O) groups is 2. The summed E-state index contributed by atoms with van der Waals surface area (Å²) < 4.78 is 2.10. The number of carbonyl (C=O) groups excluding carboxylic acids is 2. The van der Waals surface area contributed by atoms with E-state index in [0.29, 0.717) is 11.8 Å². The summed E-state index contributed by atoms with van der Waals surface area (Å²) in [4.78, 5) is 37.0. The highest BCUT2D eigenvalue weighted by Crippen LogP contribution is 2.65. The van der Waals surface area contributed by atoms with Crippen LogP contribution in [-0.2, 0) is 9.59 Å². The van der Waals surface area contributed by atoms with Crippen molar-refractivity contribution < 1.29 is 14.5 Å². The number of hydrogen-bond acceptors (Lipinski definition) is 5. The third kappa shape index (κ3) is 3.25. The van der Waals surface area contributed by atoms with Crippen molar-refractivity contribution in [1.82, 2.24) is 9.58 Å². The molecule has 38 heavy (non-hydrogen) atoms. The number of benzene rings is 2. The van der Waals surface area contributed by atoms with Crippen molar-refractivity contribution in [2.24, 2.45) is 40.6 Å². The number of rotatable bonds is 5. The number of amides is 2. The van der Waals surface area contributed by atoms with Crippen LogP contribution in [0.5, 0.6) is 0 Å². The Kier molecular flexibility index (Phi) is 4.86. The summed E-state index contributed by atoms with van der Waals surface area (Å²) in [7, 11) is 0. The average molecular weight is 507 g/mol. The van der Waals surface area contributed by atoms with Crippen LogP contribution in [0.3, 0.4) is 0 Å². The molecule has 0 spiro atoms. The number of nitro benzene ring substituents is 1. The van der Waals surface area contributed by atoms with Crippen molar-refractivity contribution >= 4 is 23.7 Å². The average Bonchev–Trinajstić information content (AvgIpc) is 3.65. The normalized spacial score (nSPS) is 28.7. The van der Waals surface area contributed by atoms with Gasteiger partial charge in [0.25, 0.3) is 17.5 Å². The van der Waals surface area contributed by atoms with E-state index in [0.717, 1.165) is 45.2 Å². The molecule has 2 bridgehead atoms. The molecule has 1 aliphatic heterocycles. The summed E-state index contributed by atoms with van der Waals surface area (Å²) in [5.41, 5.74) is 5.69. The molecule has 4 aliphatic carbocycles. The zero-order valence-corrected chi connectivity index (χ0v) is 21.0. The molecule has 1 aromatic heterocycles. The predicted molar refractivity (Wildman–Crippen MR) is 141 cm³/mol. The lowest BCUT2D eigenvalue weighted by Crippen LogP contribution is -2.40. The number of nitro groups is 1. The molecule has 0 unspecified atom stereocenters. The van der Waals surface area contributed by atoms with E-state index >= 15 is 0 Å². The van der Waals surface area contributed by atoms with Gasteiger partial charge in [-0.15, -0.1) is 0 Å². The molecule has 8 rings (SSSR count). The van der Waals surface area contributed by atoms with E-state index in [9.17, 15) is 19.7 Å². The van der Waals surface area contributed by atoms with Gasteiger partial charge in [-0.1, -0.05) is 24.3 Å². The second-order valence-electron chi connectivity index (χ2n) is 10.9. The third-order valence-electron chi connectivity index (χ3n) is 8.96. The van der Waals surface area contributed by atoms with Crippen LogP contribution in [0.2, 0.25) is 0 Å². The van der Waals surface area contributed by atoms with Gasteiger partial charge in [-0.3, -0.25) is 19.7 Å². The molecular weight excluding hydrogens is 480 g/mol. The van der Waals surface area contributed by atoms with Gasteiger partial charge in [0.05, 0.1) is 23.0 Å². The number of nitrogens with zero attached hydrogens (tertiary/aromatic N) is 4. The molecule has 3 fully saturated rings. The van der Waals surface area contributed by atoms with Gasteiger partial charge < -0.3 is 4.57 Å². The lowest BCUT2D eigenvalue weighted by Gasteiger charge is -2.37. The van der Waals surface area contributed by atoms with Crippen molar-refractivity contribution in [2.75, 3.05) is 0 Å². The predicted octanol–water partition coefficient (Wildman–Crippen LogP) is 5.06. The number of imide groups is 1. The van der Waals surface area contributed by atoms with Crippen molar-refractivity contribution in [3.8, 4) is 16.8 Å². The summed E-state index contributed by atoms with van der Waals surface area (Å²) in [5.74, 6) is 0.694. The van der Waals surface area contributed by atoms with E-state index < -0.39 is 4.92 Å². The Morgan fingerprint density at radius 3 is 2.00 bits per heavy atom. The van der Waals surface area contributed by atoms with E-state index in [1.165, 1.54) is 12.1 Å². The van der Waals surface area contributed by atoms with E-state index in [4.69, 9.17) is 0 Å². The summed E-state index contributed by atoms with van der Waals surface area (Å²) in [6.45, 7) is 3.99. The van der Waals surface area contributed by atoms with Gasteiger partial charge in [0.2, 0.25) is 0 Å². The van der Waals surface area contributed by atoms with Crippen molar-refractivity contribution in [3.05, 3.63) is 93.8 Å². The van der Waals surface area contributed by atoms with E-state index in [2.05, 4.69) is 21.8 Å². The Hall–Kier alpha value is -4.33. The molecule has 190 valence electrons. The molecule has 2 saturated carbocycles. The van der Waals surface area contributed by atoms with Crippen LogP contribution < -0.4 is 0 Å². The number of non-ortho nitro benzene ring substituents is 1. The number of hydrogen-bond donors (Lipinski definition) is 0. The van der Waals surface area contributed by atoms with Gasteiger partial charge in [-0.2, -0.15) is 10.1 Å². The fourth-order valence-electron chi connectivity index (χ4n) is 7.07. The van der Waals surface area contributed by atoms with Crippen molar-refractivity contribution in [2.45, 2.75) is 20.3 Å². The van der Waals surface area contributed by atoms with E-state index in [1.807, 2.05) is 44.2 Å². The van der Waals surface area contributed by atoms with E-state index in [1.54, 1.807) is 18.3 Å². The second kappa shape index (κ2) is 8.08. The number of aromatic nitrogens is 1. The monoisotopic (exact) mass is 506 g/mol. The van der Waals surface area contributed by atoms with Crippen molar-refractivity contribution in [1.29, 1.82) is 0 Å². The molecule has 8 heteroatoms. The number of allylic oxidation sites excluding steroid dienone is 2. The van der Waals surface area contributed by atoms with Crippen molar-refractivity contribution in [3.63, 3.8) is 0 Å². The van der Waals surface area contributed by atoms with E-state index in [-0.39, 0.29) is 41.2 Å². The maximum Gasteiger partial charge on any atom is 0.269 e. The standard InChI is InChI=1S/C30H26N4O4/c1-16-13-20(15-31-33-29(35)27-23-11-12-24(26-14-25(23)26)28(27)30(33)36)17(2)32(16)21-7-3-18(4-8-21)19-5-9-22(10-6-19)34(37)38/h3-13,15,23-28H,14H2,1-2H3/b31-15-/t23-,24-,25-,26+,27+,28+/m0/s1. The molecule has 5 aliphatic rings. The van der Waals surface area contributed by atoms with Crippen LogP contribution in [0.4, 0.5) is 5.69 Å². The molecule has 0 N–H and O–H groups in total. The Bertz CT molecular complexity index is 1530. The molecule has 2 heterocycles. The fourth-order valence-corrected chi connectivity index (χ4v) is 7.07. The quantitative estimate of drug-likeness (QED) is 0.159. The molecule has 8 nitrogen and oxygen atoms in total. The van der Waals surface area contributed by atoms with Gasteiger partial charge in [0, 0.05) is 34.8 Å². The summed E-state index contributed by atoms with van der Waals surface area (Å²) in [5, 5.41) is 16.5. The zero-order valence-electron chi connectivity index (χ0n) is 21.0. The first-order chi connectivity index (χ1) is 18.3. The summed E-state index contributed by atoms with van der Waals surface area (Å²) in [6, 6.07) is 16.5. The Morgan fingerprint density at radius 1 is 0.895 bits per heavy atom. The summed E-state index contributed by atoms with van der Waals surface area (Å²) in [6.07, 6.45) is 7.10. The first-order valence-corrected chi connectivity index (χ1v) is 13.0. The lowest BCUT2D eigenvalue weighted by molar-refractivity contribution is -0.384. The number of hydrazone groups is 1. The Morgan fingerprint density at radius 2 is 1.45 bits per heavy atom. The number of aryl methyl sites for hydroxylation is 1. The molecule has 3 aromatic rings. The smallest absolute Gasteiger partial charge is 0.269 e. The highest BCUT2D eigenvalue weighted by molar-refractivity contribution is 6.06. The largest absolute Gasteiger partial charge is 0.318 e. The van der Waals surface area contributed by atoms with Gasteiger partial charge in [0.1, 0.15) is 0 Å². The zero-order chi connectivity index (χ0) is 26.3. The van der Waals surface area contributed by atoms with Crippen LogP contribution in [0.25, 0.3) is 16.8 Å². The Labute approximate surface area is 219 Å². The fraction of sp³-hybridized carbons (Fsp3) is 0.300. The molecule has 6 atom stereocenters. The van der Waals surface area contributed by atoms with Crippen LogP contribution in [0.15, 0.2) is 71.9 Å². The molecule has 0 radical (unpaired) electrons. The first kappa shape index (κ1) is 22.8. The van der Waals surface area contributed by atoms with Crippen LogP contribution >= 0.6 is 0 Å². The summed E-state index contributed by atoms with van der Waals surface area (Å²) >= 11 is 0. The van der Waals surface area contributed by atoms with Gasteiger partial charge in [-0.25, -0.2) is 0 Å². The SMILES string of the molecule is Cc1cc(/C=N\N2C(=O)[C@@H]3[C@H]4C=C[C@@H]([C@@H]5C[C@H]45)[C@H]3C2=O)c(C)n1-c1ccc(-c2ccc([N+](=O)[O-])cc2)cc1. The first-order valence-electron chi connectivity index (χ1n) is 13.0. The maximum absolute atomic E-state index is 13.2. The minimum absolute atomic E-state index is 0.0647. The highest BCUT2D eigenvalue weighted by atomic mass is 16.6. The van der Waals surface area contributed by atoms with Crippen LogP contribution in [0.1, 0.15) is 23.4 Å². The highest BCUT2D eigenvalue weighted by Gasteiger charge is 2.67. The van der Waals surface area contributed by atoms with Gasteiger partial charge in [0.15, 0.2) is 0 Å². The Balaban J connectivity index is 1.12. The molecule has 2 amide bonds. The van der Waals surface area contributed by atoms with Crippen LogP contribution in [-0.4, -0.2) is 32.5 Å². The molecule has 2 aromatic carbocycles. The second-order valence-corrected chi connectivity index (χ2v) is 10.9. The van der Waals surface area contributed by atoms with Gasteiger partial charge >= 0.3 is 0 Å². The van der Waals surface area contributed by atoms with Crippen LogP contribution in [0, 0.1) is 59.5 Å². The lowest BCUT2D eigenvalue weighted by atomic mass is 9.63. The maximum atomic E-state index is 13.2. The molecular formula is C30H26N4O4.